The average Bonchev–Trinajstić information content (AvgIpc) is 2.92. The Morgan fingerprint density at radius 3 is 2.50 bits per heavy atom. The highest BCUT2D eigenvalue weighted by molar-refractivity contribution is 5.89. The lowest BCUT2D eigenvalue weighted by molar-refractivity contribution is -0.144. The van der Waals surface area contributed by atoms with Gasteiger partial charge in [-0.2, -0.15) is 0 Å². The third-order valence-electron chi connectivity index (χ3n) is 4.27. The van der Waals surface area contributed by atoms with Gasteiger partial charge in [0, 0.05) is 55.8 Å². The van der Waals surface area contributed by atoms with Crippen molar-refractivity contribution < 1.29 is 14.7 Å². The maximum absolute atomic E-state index is 11.8. The second-order valence-corrected chi connectivity index (χ2v) is 5.57. The number of aromatic amines is 1. The topological polar surface area (TPSA) is 76.6 Å². The van der Waals surface area contributed by atoms with Crippen LogP contribution in [0.4, 0.5) is 0 Å². The minimum atomic E-state index is -0.860. The highest BCUT2D eigenvalue weighted by Gasteiger charge is 2.32. The second kappa shape index (κ2) is 5.81. The normalized spacial score (nSPS) is 17.6. The first-order chi connectivity index (χ1) is 10.6. The number of aliphatic carboxylic acids is 1. The molecule has 0 bridgehead atoms. The van der Waals surface area contributed by atoms with Crippen molar-refractivity contribution in [1.82, 2.24) is 14.8 Å². The first kappa shape index (κ1) is 14.6. The molecule has 1 unspecified atom stereocenters. The standard InChI is InChI=1S/C16H19N3O3/c1-11(20)18-6-8-19(9-7-18)15(16(21)22)13-10-17-14-5-3-2-4-12(13)14/h2-5,10,15,17H,6-9H2,1H3,(H,21,22). The van der Waals surface area contributed by atoms with Gasteiger partial charge in [-0.3, -0.25) is 14.5 Å². The van der Waals surface area contributed by atoms with E-state index in [1.165, 1.54) is 0 Å². The summed E-state index contributed by atoms with van der Waals surface area (Å²) in [7, 11) is 0. The Morgan fingerprint density at radius 1 is 1.18 bits per heavy atom. The van der Waals surface area contributed by atoms with Crippen LogP contribution < -0.4 is 0 Å². The molecule has 1 saturated heterocycles. The molecule has 6 heteroatoms. The summed E-state index contributed by atoms with van der Waals surface area (Å²) >= 11 is 0. The number of piperazine rings is 1. The zero-order chi connectivity index (χ0) is 15.7. The van der Waals surface area contributed by atoms with E-state index in [1.54, 1.807) is 18.0 Å². The molecular weight excluding hydrogens is 282 g/mol. The molecule has 2 heterocycles. The molecule has 1 atom stereocenters. The van der Waals surface area contributed by atoms with Gasteiger partial charge in [0.15, 0.2) is 0 Å². The average molecular weight is 301 g/mol. The smallest absolute Gasteiger partial charge is 0.325 e. The number of para-hydroxylation sites is 1. The van der Waals surface area contributed by atoms with Crippen LogP contribution in [-0.4, -0.2) is 57.9 Å². The van der Waals surface area contributed by atoms with Gasteiger partial charge < -0.3 is 15.0 Å². The lowest BCUT2D eigenvalue weighted by Gasteiger charge is -2.37. The monoisotopic (exact) mass is 301 g/mol. The first-order valence-corrected chi connectivity index (χ1v) is 7.36. The Balaban J connectivity index is 1.88. The summed E-state index contributed by atoms with van der Waals surface area (Å²) in [6.07, 6.45) is 1.78. The largest absolute Gasteiger partial charge is 0.480 e. The van der Waals surface area contributed by atoms with Gasteiger partial charge >= 0.3 is 5.97 Å². The minimum absolute atomic E-state index is 0.0404. The number of carbonyl (C=O) groups excluding carboxylic acids is 1. The van der Waals surface area contributed by atoms with Gasteiger partial charge in [-0.05, 0) is 6.07 Å². The first-order valence-electron chi connectivity index (χ1n) is 7.36. The third-order valence-corrected chi connectivity index (χ3v) is 4.27. The van der Waals surface area contributed by atoms with Gasteiger partial charge in [-0.1, -0.05) is 18.2 Å². The zero-order valence-corrected chi connectivity index (χ0v) is 12.5. The highest BCUT2D eigenvalue weighted by atomic mass is 16.4. The molecule has 0 spiro atoms. The fourth-order valence-corrected chi connectivity index (χ4v) is 3.10. The Kier molecular flexibility index (Phi) is 3.85. The number of nitrogens with one attached hydrogen (secondary N) is 1. The van der Waals surface area contributed by atoms with Gasteiger partial charge in [-0.25, -0.2) is 0 Å². The molecule has 22 heavy (non-hydrogen) atoms. The van der Waals surface area contributed by atoms with E-state index >= 15 is 0 Å². The Bertz CT molecular complexity index is 701. The van der Waals surface area contributed by atoms with Gasteiger partial charge in [-0.15, -0.1) is 0 Å². The van der Waals surface area contributed by atoms with E-state index in [9.17, 15) is 14.7 Å². The van der Waals surface area contributed by atoms with Gasteiger partial charge in [0.2, 0.25) is 5.91 Å². The molecular formula is C16H19N3O3. The summed E-state index contributed by atoms with van der Waals surface area (Å²) in [5, 5.41) is 10.6. The van der Waals surface area contributed by atoms with E-state index in [2.05, 4.69) is 4.98 Å². The van der Waals surface area contributed by atoms with Crippen LogP contribution in [-0.2, 0) is 9.59 Å². The summed E-state index contributed by atoms with van der Waals surface area (Å²) in [4.78, 5) is 30.0. The van der Waals surface area contributed by atoms with Gasteiger partial charge in [0.05, 0.1) is 0 Å². The predicted molar refractivity (Wildman–Crippen MR) is 82.5 cm³/mol. The van der Waals surface area contributed by atoms with E-state index in [4.69, 9.17) is 0 Å². The molecule has 0 aliphatic carbocycles. The van der Waals surface area contributed by atoms with Crippen LogP contribution in [0.15, 0.2) is 30.5 Å². The highest BCUT2D eigenvalue weighted by Crippen LogP contribution is 2.29. The van der Waals surface area contributed by atoms with Crippen molar-refractivity contribution >= 4 is 22.8 Å². The molecule has 3 rings (SSSR count). The van der Waals surface area contributed by atoms with Crippen LogP contribution in [0.3, 0.4) is 0 Å². The lowest BCUT2D eigenvalue weighted by Crippen LogP contribution is -2.50. The van der Waals surface area contributed by atoms with Gasteiger partial charge in [0.1, 0.15) is 6.04 Å². The molecule has 1 aromatic heterocycles. The second-order valence-electron chi connectivity index (χ2n) is 5.57. The Hall–Kier alpha value is -2.34. The molecule has 0 radical (unpaired) electrons. The third kappa shape index (κ3) is 2.57. The number of carboxylic acid groups (broad SMARTS) is 1. The molecule has 116 valence electrons. The summed E-state index contributed by atoms with van der Waals surface area (Å²) in [5.41, 5.74) is 1.71. The quantitative estimate of drug-likeness (QED) is 0.900. The van der Waals surface area contributed by atoms with Crippen molar-refractivity contribution in [2.45, 2.75) is 13.0 Å². The van der Waals surface area contributed by atoms with Crippen LogP contribution in [0.5, 0.6) is 0 Å². The van der Waals surface area contributed by atoms with Crippen molar-refractivity contribution in [2.24, 2.45) is 0 Å². The van der Waals surface area contributed by atoms with Crippen molar-refractivity contribution in [3.63, 3.8) is 0 Å². The van der Waals surface area contributed by atoms with Crippen LogP contribution in [0.1, 0.15) is 18.5 Å². The van der Waals surface area contributed by atoms with Gasteiger partial charge in [0.25, 0.3) is 0 Å². The fraction of sp³-hybridized carbons (Fsp3) is 0.375. The van der Waals surface area contributed by atoms with Crippen molar-refractivity contribution in [2.75, 3.05) is 26.2 Å². The molecule has 2 aromatic rings. The number of amides is 1. The number of benzene rings is 1. The van der Waals surface area contributed by atoms with E-state index in [0.29, 0.717) is 26.2 Å². The molecule has 1 amide bonds. The molecule has 2 N–H and O–H groups in total. The number of hydrogen-bond donors (Lipinski definition) is 2. The minimum Gasteiger partial charge on any atom is -0.480 e. The number of hydrogen-bond acceptors (Lipinski definition) is 3. The molecule has 0 saturated carbocycles. The van der Waals surface area contributed by atoms with E-state index < -0.39 is 12.0 Å². The number of aromatic nitrogens is 1. The number of H-pyrrole nitrogens is 1. The summed E-state index contributed by atoms with van der Waals surface area (Å²) in [6.45, 7) is 3.82. The SMILES string of the molecule is CC(=O)N1CCN(C(C(=O)O)c2c[nH]c3ccccc23)CC1. The summed E-state index contributed by atoms with van der Waals surface area (Å²) < 4.78 is 0. The number of nitrogens with zero attached hydrogens (tertiary/aromatic N) is 2. The Morgan fingerprint density at radius 2 is 1.86 bits per heavy atom. The molecule has 1 aromatic carbocycles. The van der Waals surface area contributed by atoms with E-state index in [0.717, 1.165) is 16.5 Å². The van der Waals surface area contributed by atoms with Crippen molar-refractivity contribution in [3.8, 4) is 0 Å². The molecule has 1 aliphatic rings. The lowest BCUT2D eigenvalue weighted by atomic mass is 10.0. The van der Waals surface area contributed by atoms with Crippen LogP contribution in [0.25, 0.3) is 10.9 Å². The molecule has 1 fully saturated rings. The molecule has 1 aliphatic heterocycles. The van der Waals surface area contributed by atoms with E-state index in [1.807, 2.05) is 29.2 Å². The van der Waals surface area contributed by atoms with Crippen molar-refractivity contribution in [3.05, 3.63) is 36.0 Å². The Labute approximate surface area is 128 Å². The van der Waals surface area contributed by atoms with Crippen LogP contribution >= 0.6 is 0 Å². The predicted octanol–water partition coefficient (Wildman–Crippen LogP) is 1.46. The summed E-state index contributed by atoms with van der Waals surface area (Å²) in [5.74, 6) is -0.820. The maximum Gasteiger partial charge on any atom is 0.325 e. The molecule has 6 nitrogen and oxygen atoms in total. The number of rotatable bonds is 3. The number of carbonyl (C=O) groups is 2. The maximum atomic E-state index is 11.8. The van der Waals surface area contributed by atoms with Crippen LogP contribution in [0, 0.1) is 0 Å². The van der Waals surface area contributed by atoms with Crippen molar-refractivity contribution in [1.29, 1.82) is 0 Å². The van der Waals surface area contributed by atoms with E-state index in [-0.39, 0.29) is 5.91 Å². The fourth-order valence-electron chi connectivity index (χ4n) is 3.10. The summed E-state index contributed by atoms with van der Waals surface area (Å²) in [6, 6.07) is 7.01. The van der Waals surface area contributed by atoms with Crippen LogP contribution in [0.2, 0.25) is 0 Å². The number of carboxylic acids is 1. The number of fused-ring (bicyclic) bond motifs is 1. The zero-order valence-electron chi connectivity index (χ0n) is 12.5.